The first-order valence-corrected chi connectivity index (χ1v) is 13.7. The van der Waals surface area contributed by atoms with Crippen LogP contribution < -0.4 is 9.62 Å². The molecule has 7 nitrogen and oxygen atoms in total. The molecule has 1 aliphatic carbocycles. The van der Waals surface area contributed by atoms with Crippen LogP contribution in [0.5, 0.6) is 0 Å². The van der Waals surface area contributed by atoms with E-state index in [2.05, 4.69) is 54.8 Å². The van der Waals surface area contributed by atoms with Crippen LogP contribution in [0.4, 0.5) is 5.82 Å². The number of benzene rings is 1. The van der Waals surface area contributed by atoms with Gasteiger partial charge in [-0.3, -0.25) is 0 Å². The van der Waals surface area contributed by atoms with Crippen LogP contribution in [0, 0.1) is 12.3 Å². The van der Waals surface area contributed by atoms with Gasteiger partial charge in [0.2, 0.25) is 0 Å². The number of rotatable bonds is 5. The fraction of sp³-hybridized carbons (Fsp3) is 0.560. The normalized spacial score (nSPS) is 20.3. The minimum absolute atomic E-state index is 0.0215. The van der Waals surface area contributed by atoms with Crippen molar-refractivity contribution < 1.29 is 13.7 Å². The maximum absolute atomic E-state index is 13.1. The van der Waals surface area contributed by atoms with Crippen molar-refractivity contribution in [3.63, 3.8) is 0 Å². The van der Waals surface area contributed by atoms with Gasteiger partial charge in [-0.05, 0) is 86.4 Å². The third kappa shape index (κ3) is 4.79. The summed E-state index contributed by atoms with van der Waals surface area (Å²) in [5, 5.41) is 0. The largest absolute Gasteiger partial charge is 0.461 e. The van der Waals surface area contributed by atoms with E-state index in [9.17, 15) is 9.00 Å². The molecule has 1 aromatic heterocycles. The minimum Gasteiger partial charge on any atom is -0.461 e. The SMILES string of the molecule is CCOC(=O)c1nc(Br)c(C)nc1N1CCC2(CC1)Cc1ccccc1[C@H]2N[S@@](=O)C(C)(C)C. The number of aromatic nitrogens is 2. The van der Waals surface area contributed by atoms with Crippen LogP contribution in [-0.4, -0.2) is 44.6 Å². The molecule has 1 fully saturated rings. The lowest BCUT2D eigenvalue weighted by atomic mass is 9.73. The van der Waals surface area contributed by atoms with E-state index < -0.39 is 17.0 Å². The summed E-state index contributed by atoms with van der Waals surface area (Å²) in [6, 6.07) is 8.52. The lowest BCUT2D eigenvalue weighted by Gasteiger charge is -2.44. The van der Waals surface area contributed by atoms with E-state index in [1.165, 1.54) is 11.1 Å². The molecule has 2 atom stereocenters. The van der Waals surface area contributed by atoms with Crippen molar-refractivity contribution in [1.29, 1.82) is 0 Å². The summed E-state index contributed by atoms with van der Waals surface area (Å²) >= 11 is 3.40. The molecule has 4 rings (SSSR count). The van der Waals surface area contributed by atoms with E-state index in [1.807, 2.05) is 27.7 Å². The first-order valence-electron chi connectivity index (χ1n) is 11.8. The molecule has 2 aromatic rings. The number of halogens is 1. The lowest BCUT2D eigenvalue weighted by molar-refractivity contribution is 0.0519. The van der Waals surface area contributed by atoms with Crippen molar-refractivity contribution in [2.75, 3.05) is 24.6 Å². The van der Waals surface area contributed by atoms with Gasteiger partial charge in [0.25, 0.3) is 0 Å². The predicted octanol–water partition coefficient (Wildman–Crippen LogP) is 4.66. The molecule has 1 spiro atoms. The molecular weight excluding hydrogens is 516 g/mol. The molecule has 1 saturated heterocycles. The zero-order valence-corrected chi connectivity index (χ0v) is 22.9. The van der Waals surface area contributed by atoms with Crippen LogP contribution in [-0.2, 0) is 22.1 Å². The molecule has 0 bridgehead atoms. The van der Waals surface area contributed by atoms with Gasteiger partial charge in [-0.1, -0.05) is 24.3 Å². The highest BCUT2D eigenvalue weighted by Crippen LogP contribution is 2.52. The third-order valence-corrected chi connectivity index (χ3v) is 9.14. The van der Waals surface area contributed by atoms with Crippen molar-refractivity contribution in [3.8, 4) is 0 Å². The van der Waals surface area contributed by atoms with Gasteiger partial charge in [0.05, 0.1) is 34.1 Å². The van der Waals surface area contributed by atoms with Crippen LogP contribution >= 0.6 is 15.9 Å². The van der Waals surface area contributed by atoms with E-state index >= 15 is 0 Å². The van der Waals surface area contributed by atoms with E-state index in [4.69, 9.17) is 9.72 Å². The first-order chi connectivity index (χ1) is 16.1. The van der Waals surface area contributed by atoms with E-state index in [0.29, 0.717) is 10.4 Å². The van der Waals surface area contributed by atoms with Crippen LogP contribution in [0.25, 0.3) is 0 Å². The monoisotopic (exact) mass is 548 g/mol. The summed E-state index contributed by atoms with van der Waals surface area (Å²) in [4.78, 5) is 23.9. The predicted molar refractivity (Wildman–Crippen MR) is 138 cm³/mol. The van der Waals surface area contributed by atoms with E-state index in [-0.39, 0.29) is 28.5 Å². The molecule has 2 aliphatic rings. The second-order valence-electron chi connectivity index (χ2n) is 10.1. The Kier molecular flexibility index (Phi) is 7.18. The Bertz CT molecular complexity index is 1110. The Morgan fingerprint density at radius 3 is 2.59 bits per heavy atom. The zero-order valence-electron chi connectivity index (χ0n) is 20.5. The molecular formula is C25H33BrN4O3S. The molecule has 0 unspecified atom stereocenters. The highest BCUT2D eigenvalue weighted by atomic mass is 79.9. The molecule has 2 heterocycles. The standard InChI is InChI=1S/C25H33BrN4O3S/c1-6-33-23(31)19-22(27-16(2)21(26)28-19)30-13-11-25(12-14-30)15-17-9-7-8-10-18(17)20(25)29-34(32)24(3,4)5/h7-10,20,29H,6,11-15H2,1-5H3/t20-,34+/m1/s1. The average Bonchev–Trinajstić information content (AvgIpc) is 3.08. The number of anilines is 1. The molecule has 0 amide bonds. The summed E-state index contributed by atoms with van der Waals surface area (Å²) in [5.74, 6) is 0.117. The minimum atomic E-state index is -1.18. The Balaban J connectivity index is 1.62. The van der Waals surface area contributed by atoms with E-state index in [0.717, 1.165) is 38.0 Å². The average molecular weight is 550 g/mol. The number of ether oxygens (including phenoxy) is 1. The molecule has 9 heteroatoms. The van der Waals surface area contributed by atoms with Crippen molar-refractivity contribution >= 4 is 38.7 Å². The molecule has 184 valence electrons. The number of fused-ring (bicyclic) bond motifs is 1. The smallest absolute Gasteiger partial charge is 0.360 e. The number of aryl methyl sites for hydroxylation is 1. The van der Waals surface area contributed by atoms with Gasteiger partial charge in [0.15, 0.2) is 11.5 Å². The van der Waals surface area contributed by atoms with Gasteiger partial charge in [-0.25, -0.2) is 23.7 Å². The fourth-order valence-electron chi connectivity index (χ4n) is 4.93. The topological polar surface area (TPSA) is 84.4 Å². The van der Waals surface area contributed by atoms with Crippen molar-refractivity contribution in [3.05, 3.63) is 51.4 Å². The Morgan fingerprint density at radius 2 is 1.94 bits per heavy atom. The van der Waals surface area contributed by atoms with Gasteiger partial charge in [0.1, 0.15) is 4.60 Å². The number of nitrogens with one attached hydrogen (secondary N) is 1. The van der Waals surface area contributed by atoms with Crippen molar-refractivity contribution in [2.45, 2.75) is 64.7 Å². The second kappa shape index (κ2) is 9.66. The quantitative estimate of drug-likeness (QED) is 0.547. The summed E-state index contributed by atoms with van der Waals surface area (Å²) in [5.41, 5.74) is 3.51. The molecule has 0 radical (unpaired) electrons. The van der Waals surface area contributed by atoms with Crippen LogP contribution in [0.2, 0.25) is 0 Å². The molecule has 1 N–H and O–H groups in total. The maximum atomic E-state index is 13.1. The number of nitrogens with zero attached hydrogens (tertiary/aromatic N) is 3. The molecule has 1 aliphatic heterocycles. The molecule has 34 heavy (non-hydrogen) atoms. The Hall–Kier alpha value is -1.84. The second-order valence-corrected chi connectivity index (χ2v) is 12.9. The number of piperidine rings is 1. The highest BCUT2D eigenvalue weighted by molar-refractivity contribution is 9.10. The summed E-state index contributed by atoms with van der Waals surface area (Å²) in [6.45, 7) is 11.4. The molecule has 0 saturated carbocycles. The highest BCUT2D eigenvalue weighted by Gasteiger charge is 2.49. The van der Waals surface area contributed by atoms with Gasteiger partial charge in [-0.15, -0.1) is 0 Å². The number of hydrogen-bond acceptors (Lipinski definition) is 6. The van der Waals surface area contributed by atoms with Gasteiger partial charge >= 0.3 is 5.97 Å². The maximum Gasteiger partial charge on any atom is 0.360 e. The van der Waals surface area contributed by atoms with Gasteiger partial charge < -0.3 is 9.64 Å². The zero-order chi connectivity index (χ0) is 24.7. The first kappa shape index (κ1) is 25.3. The lowest BCUT2D eigenvalue weighted by Crippen LogP contribution is -2.48. The number of esters is 1. The summed E-state index contributed by atoms with van der Waals surface area (Å²) in [6.07, 6.45) is 2.73. The van der Waals surface area contributed by atoms with Gasteiger partial charge in [0, 0.05) is 13.1 Å². The molecule has 1 aromatic carbocycles. The summed E-state index contributed by atoms with van der Waals surface area (Å²) in [7, 11) is -1.18. The van der Waals surface area contributed by atoms with Crippen molar-refractivity contribution in [1.82, 2.24) is 14.7 Å². The fourth-order valence-corrected chi connectivity index (χ4v) is 6.14. The summed E-state index contributed by atoms with van der Waals surface area (Å²) < 4.78 is 22.1. The Labute approximate surface area is 212 Å². The number of carbonyl (C=O) groups is 1. The Morgan fingerprint density at radius 1 is 1.26 bits per heavy atom. The third-order valence-electron chi connectivity index (χ3n) is 6.82. The number of hydrogen-bond donors (Lipinski definition) is 1. The van der Waals surface area contributed by atoms with Gasteiger partial charge in [-0.2, -0.15) is 0 Å². The number of carbonyl (C=O) groups excluding carboxylic acids is 1. The van der Waals surface area contributed by atoms with Crippen molar-refractivity contribution in [2.24, 2.45) is 5.41 Å². The van der Waals surface area contributed by atoms with Crippen LogP contribution in [0.3, 0.4) is 0 Å². The van der Waals surface area contributed by atoms with Crippen LogP contribution in [0.1, 0.15) is 73.9 Å². The van der Waals surface area contributed by atoms with E-state index in [1.54, 1.807) is 6.92 Å². The van der Waals surface area contributed by atoms with Crippen LogP contribution in [0.15, 0.2) is 28.9 Å².